The van der Waals surface area contributed by atoms with Gasteiger partial charge in [-0.2, -0.15) is 5.21 Å². The van der Waals surface area contributed by atoms with E-state index in [2.05, 4.69) is 32.9 Å². The minimum Gasteiger partial charge on any atom is -0.469 e. The molecule has 0 aliphatic heterocycles. The summed E-state index contributed by atoms with van der Waals surface area (Å²) in [5.41, 5.74) is 1.94. The van der Waals surface area contributed by atoms with E-state index in [9.17, 15) is 0 Å². The van der Waals surface area contributed by atoms with Gasteiger partial charge in [-0.15, -0.1) is 10.2 Å². The molecule has 0 aliphatic rings. The van der Waals surface area contributed by atoms with Crippen molar-refractivity contribution >= 4 is 5.69 Å². The second-order valence-corrected chi connectivity index (χ2v) is 4.65. The van der Waals surface area contributed by atoms with Crippen LogP contribution in [0.4, 0.5) is 5.69 Å². The fourth-order valence-corrected chi connectivity index (χ4v) is 2.10. The SMILES string of the molecule is CC(Cc1ccco1)Nc1cccc(-c2nn[nH]n2)c1. The number of hydrogen-bond donors (Lipinski definition) is 2. The van der Waals surface area contributed by atoms with Gasteiger partial charge in [0, 0.05) is 23.7 Å². The zero-order chi connectivity index (χ0) is 13.8. The molecule has 2 aromatic heterocycles. The van der Waals surface area contributed by atoms with Crippen molar-refractivity contribution < 1.29 is 4.42 Å². The van der Waals surface area contributed by atoms with Gasteiger partial charge in [-0.3, -0.25) is 0 Å². The van der Waals surface area contributed by atoms with E-state index in [1.165, 1.54) is 0 Å². The molecule has 6 heteroatoms. The largest absolute Gasteiger partial charge is 0.469 e. The molecule has 0 radical (unpaired) electrons. The van der Waals surface area contributed by atoms with Crippen LogP contribution in [0.5, 0.6) is 0 Å². The maximum Gasteiger partial charge on any atom is 0.204 e. The minimum absolute atomic E-state index is 0.265. The number of nitrogens with one attached hydrogen (secondary N) is 2. The smallest absolute Gasteiger partial charge is 0.204 e. The van der Waals surface area contributed by atoms with Crippen LogP contribution in [0.1, 0.15) is 12.7 Å². The second kappa shape index (κ2) is 5.56. The molecule has 0 amide bonds. The lowest BCUT2D eigenvalue weighted by Gasteiger charge is -2.14. The number of nitrogens with zero attached hydrogens (tertiary/aromatic N) is 3. The molecule has 20 heavy (non-hydrogen) atoms. The zero-order valence-corrected chi connectivity index (χ0v) is 11.1. The van der Waals surface area contributed by atoms with Crippen molar-refractivity contribution in [3.63, 3.8) is 0 Å². The Labute approximate surface area is 116 Å². The fraction of sp³-hybridized carbons (Fsp3) is 0.214. The van der Waals surface area contributed by atoms with Gasteiger partial charge in [-0.05, 0) is 36.4 Å². The van der Waals surface area contributed by atoms with Gasteiger partial charge in [0.05, 0.1) is 6.26 Å². The third kappa shape index (κ3) is 2.85. The lowest BCUT2D eigenvalue weighted by molar-refractivity contribution is 0.498. The summed E-state index contributed by atoms with van der Waals surface area (Å²) in [6.45, 7) is 2.11. The second-order valence-electron chi connectivity index (χ2n) is 4.65. The van der Waals surface area contributed by atoms with Gasteiger partial charge in [-0.1, -0.05) is 12.1 Å². The van der Waals surface area contributed by atoms with Crippen molar-refractivity contribution in [1.29, 1.82) is 0 Å². The topological polar surface area (TPSA) is 79.6 Å². The Balaban J connectivity index is 1.70. The molecule has 1 atom stereocenters. The highest BCUT2D eigenvalue weighted by molar-refractivity contribution is 5.61. The van der Waals surface area contributed by atoms with E-state index in [-0.39, 0.29) is 6.04 Å². The molecule has 0 bridgehead atoms. The average Bonchev–Trinajstić information content (AvgIpc) is 3.11. The van der Waals surface area contributed by atoms with Crippen molar-refractivity contribution in [3.05, 3.63) is 48.4 Å². The summed E-state index contributed by atoms with van der Waals surface area (Å²) < 4.78 is 5.35. The maximum absolute atomic E-state index is 5.35. The summed E-state index contributed by atoms with van der Waals surface area (Å²) >= 11 is 0. The Morgan fingerprint density at radius 3 is 3.00 bits per heavy atom. The van der Waals surface area contributed by atoms with Gasteiger partial charge in [0.25, 0.3) is 0 Å². The molecule has 102 valence electrons. The number of anilines is 1. The van der Waals surface area contributed by atoms with Crippen molar-refractivity contribution in [2.75, 3.05) is 5.32 Å². The molecule has 0 saturated heterocycles. The summed E-state index contributed by atoms with van der Waals surface area (Å²) in [7, 11) is 0. The highest BCUT2D eigenvalue weighted by atomic mass is 16.3. The summed E-state index contributed by atoms with van der Waals surface area (Å²) in [6, 6.07) is 12.1. The molecule has 1 unspecified atom stereocenters. The van der Waals surface area contributed by atoms with Crippen molar-refractivity contribution in [2.24, 2.45) is 0 Å². The van der Waals surface area contributed by atoms with Gasteiger partial charge >= 0.3 is 0 Å². The van der Waals surface area contributed by atoms with E-state index in [0.29, 0.717) is 5.82 Å². The quantitative estimate of drug-likeness (QED) is 0.744. The Morgan fingerprint density at radius 2 is 2.25 bits per heavy atom. The van der Waals surface area contributed by atoms with E-state index >= 15 is 0 Å². The lowest BCUT2D eigenvalue weighted by Crippen LogP contribution is -2.17. The van der Waals surface area contributed by atoms with Gasteiger partial charge in [0.2, 0.25) is 5.82 Å². The number of rotatable bonds is 5. The van der Waals surface area contributed by atoms with Crippen molar-refractivity contribution in [2.45, 2.75) is 19.4 Å². The van der Waals surface area contributed by atoms with Gasteiger partial charge in [0.1, 0.15) is 5.76 Å². The number of H-pyrrole nitrogens is 1. The monoisotopic (exact) mass is 269 g/mol. The molecule has 3 aromatic rings. The number of aromatic amines is 1. The van der Waals surface area contributed by atoms with Crippen LogP contribution in [0.15, 0.2) is 47.1 Å². The van der Waals surface area contributed by atoms with E-state index in [0.717, 1.165) is 23.4 Å². The minimum atomic E-state index is 0.265. The third-order valence-electron chi connectivity index (χ3n) is 2.97. The highest BCUT2D eigenvalue weighted by Gasteiger charge is 2.07. The molecule has 2 N–H and O–H groups in total. The molecular formula is C14H15N5O. The van der Waals surface area contributed by atoms with E-state index in [4.69, 9.17) is 4.42 Å². The van der Waals surface area contributed by atoms with Gasteiger partial charge in [-0.25, -0.2) is 0 Å². The summed E-state index contributed by atoms with van der Waals surface area (Å²) in [6.07, 6.45) is 2.53. The highest BCUT2D eigenvalue weighted by Crippen LogP contribution is 2.19. The normalized spacial score (nSPS) is 12.2. The van der Waals surface area contributed by atoms with Crippen LogP contribution < -0.4 is 5.32 Å². The molecule has 2 heterocycles. The third-order valence-corrected chi connectivity index (χ3v) is 2.97. The number of benzene rings is 1. The standard InChI is InChI=1S/C14H15N5O/c1-10(8-13-6-3-7-20-13)15-12-5-2-4-11(9-12)14-16-18-19-17-14/h2-7,9-10,15H,8H2,1H3,(H,16,17,18,19). The summed E-state index contributed by atoms with van der Waals surface area (Å²) in [4.78, 5) is 0. The molecule has 1 aromatic carbocycles. The number of hydrogen-bond acceptors (Lipinski definition) is 5. The summed E-state index contributed by atoms with van der Waals surface area (Å²) in [5, 5.41) is 17.4. The van der Waals surface area contributed by atoms with E-state index < -0.39 is 0 Å². The molecule has 0 aliphatic carbocycles. The first-order chi connectivity index (χ1) is 9.81. The Morgan fingerprint density at radius 1 is 1.30 bits per heavy atom. The number of tetrazole rings is 1. The van der Waals surface area contributed by atoms with Crippen molar-refractivity contribution in [1.82, 2.24) is 20.6 Å². The Bertz CT molecular complexity index is 648. The predicted molar refractivity (Wildman–Crippen MR) is 75.1 cm³/mol. The fourth-order valence-electron chi connectivity index (χ4n) is 2.10. The number of furan rings is 1. The van der Waals surface area contributed by atoms with Crippen LogP contribution in [-0.2, 0) is 6.42 Å². The van der Waals surface area contributed by atoms with Crippen LogP contribution in [0.2, 0.25) is 0 Å². The molecule has 3 rings (SSSR count). The Kier molecular flexibility index (Phi) is 3.45. The molecule has 6 nitrogen and oxygen atoms in total. The van der Waals surface area contributed by atoms with Gasteiger partial charge < -0.3 is 9.73 Å². The van der Waals surface area contributed by atoms with Crippen LogP contribution >= 0.6 is 0 Å². The molecule has 0 saturated carbocycles. The van der Waals surface area contributed by atoms with Crippen molar-refractivity contribution in [3.8, 4) is 11.4 Å². The number of aromatic nitrogens is 4. The molecule has 0 fully saturated rings. The molecule has 0 spiro atoms. The van der Waals surface area contributed by atoms with E-state index in [1.807, 2.05) is 36.4 Å². The lowest BCUT2D eigenvalue weighted by atomic mass is 10.1. The van der Waals surface area contributed by atoms with Crippen LogP contribution in [0.3, 0.4) is 0 Å². The summed E-state index contributed by atoms with van der Waals surface area (Å²) in [5.74, 6) is 1.56. The first-order valence-electron chi connectivity index (χ1n) is 6.44. The maximum atomic E-state index is 5.35. The van der Waals surface area contributed by atoms with Crippen LogP contribution in [0, 0.1) is 0 Å². The molecular weight excluding hydrogens is 254 g/mol. The van der Waals surface area contributed by atoms with Crippen LogP contribution in [0.25, 0.3) is 11.4 Å². The first kappa shape index (κ1) is 12.4. The first-order valence-corrected chi connectivity index (χ1v) is 6.44. The van der Waals surface area contributed by atoms with Gasteiger partial charge in [0.15, 0.2) is 0 Å². The van der Waals surface area contributed by atoms with Crippen LogP contribution in [-0.4, -0.2) is 26.7 Å². The average molecular weight is 269 g/mol. The predicted octanol–water partition coefficient (Wildman–Crippen LogP) is 2.50. The Hall–Kier alpha value is -2.63. The zero-order valence-electron chi connectivity index (χ0n) is 11.1. The van der Waals surface area contributed by atoms with E-state index in [1.54, 1.807) is 6.26 Å².